The normalized spacial score (nSPS) is 11.5. The van der Waals surface area contributed by atoms with Crippen molar-refractivity contribution in [3.05, 3.63) is 82.3 Å². The lowest BCUT2D eigenvalue weighted by atomic mass is 10.2. The minimum absolute atomic E-state index is 0.0191. The summed E-state index contributed by atoms with van der Waals surface area (Å²) >= 11 is 6.78. The van der Waals surface area contributed by atoms with Crippen molar-refractivity contribution in [2.45, 2.75) is 39.6 Å². The number of hydrogen-bond donors (Lipinski definition) is 0. The molecule has 0 radical (unpaired) electrons. The maximum atomic E-state index is 11.2. The Morgan fingerprint density at radius 1 is 0.854 bits per heavy atom. The lowest BCUT2D eigenvalue weighted by molar-refractivity contribution is -0.178. The lowest BCUT2D eigenvalue weighted by Gasteiger charge is -2.35. The van der Waals surface area contributed by atoms with Crippen molar-refractivity contribution in [3.8, 4) is 11.4 Å². The van der Waals surface area contributed by atoms with E-state index in [1.807, 2.05) is 91.3 Å². The fourth-order valence-electron chi connectivity index (χ4n) is 3.79. The maximum Gasteiger partial charge on any atom is 0.178 e. The van der Waals surface area contributed by atoms with Crippen molar-refractivity contribution < 1.29 is 9.53 Å². The van der Waals surface area contributed by atoms with Crippen molar-refractivity contribution in [2.24, 2.45) is 0 Å². The van der Waals surface area contributed by atoms with E-state index in [4.69, 9.17) is 4.74 Å². The smallest absolute Gasteiger partial charge is 0.178 e. The average Bonchev–Trinajstić information content (AvgIpc) is 3.51. The standard InChI is InChI=1S/C11H7BrN4.C9H7BrN2O.C9H22N2O/c12-8-1-2-11-14-5-10(16(11)6-8)9-3-4-13-7-15-9;1-6(13)8-4-11-9-3-2-7(10)5-12(8)9;1-9(2,3)12-8(10(4)5)11(6)7/h1-7H;2-5H,1H3;8H,1-7H3. The Kier molecular flexibility index (Phi) is 11.3. The quantitative estimate of drug-likeness (QED) is 0.163. The molecule has 0 saturated heterocycles. The fraction of sp³-hybridized carbons (Fsp3) is 0.345. The molecule has 10 nitrogen and oxygen atoms in total. The van der Waals surface area contributed by atoms with E-state index >= 15 is 0 Å². The highest BCUT2D eigenvalue weighted by molar-refractivity contribution is 9.10. The molecule has 5 aromatic rings. The largest absolute Gasteiger partial charge is 0.344 e. The zero-order valence-corrected chi connectivity index (χ0v) is 27.8. The van der Waals surface area contributed by atoms with Crippen LogP contribution in [0.15, 0.2) is 76.6 Å². The monoisotopic (exact) mass is 686 g/mol. The summed E-state index contributed by atoms with van der Waals surface area (Å²) in [5.74, 6) is 0.0191. The van der Waals surface area contributed by atoms with Gasteiger partial charge in [-0.3, -0.25) is 23.4 Å². The molecule has 5 rings (SSSR count). The molecule has 0 amide bonds. The second-order valence-electron chi connectivity index (χ2n) is 10.6. The SMILES string of the molecule is Brc1ccc2ncc(-c3ccncn3)n2c1.CC(=O)c1cnc2ccc(Br)cn12.CN(C)C(OC(C)(C)C)N(C)C. The van der Waals surface area contributed by atoms with Gasteiger partial charge < -0.3 is 4.74 Å². The van der Waals surface area contributed by atoms with Crippen LogP contribution in [0.25, 0.3) is 22.7 Å². The summed E-state index contributed by atoms with van der Waals surface area (Å²) in [6, 6.07) is 9.54. The number of rotatable bonds is 5. The number of nitrogens with zero attached hydrogens (tertiary/aromatic N) is 8. The summed E-state index contributed by atoms with van der Waals surface area (Å²) in [5, 5.41) is 0. The maximum absolute atomic E-state index is 11.2. The first-order valence-electron chi connectivity index (χ1n) is 12.8. The van der Waals surface area contributed by atoms with Crippen molar-refractivity contribution in [1.29, 1.82) is 0 Å². The van der Waals surface area contributed by atoms with Crippen molar-refractivity contribution in [3.63, 3.8) is 0 Å². The van der Waals surface area contributed by atoms with E-state index in [1.165, 1.54) is 13.3 Å². The first-order valence-corrected chi connectivity index (χ1v) is 14.4. The van der Waals surface area contributed by atoms with Gasteiger partial charge in [-0.25, -0.2) is 19.9 Å². The Morgan fingerprint density at radius 2 is 1.41 bits per heavy atom. The summed E-state index contributed by atoms with van der Waals surface area (Å²) in [5.41, 5.74) is 4.01. The Morgan fingerprint density at radius 3 is 1.90 bits per heavy atom. The van der Waals surface area contributed by atoms with Gasteiger partial charge in [-0.2, -0.15) is 0 Å². The Balaban J connectivity index is 0.000000172. The van der Waals surface area contributed by atoms with Crippen LogP contribution in [-0.2, 0) is 4.74 Å². The number of aromatic nitrogens is 6. The first-order chi connectivity index (χ1) is 19.3. The van der Waals surface area contributed by atoms with E-state index in [-0.39, 0.29) is 17.7 Å². The van der Waals surface area contributed by atoms with Crippen LogP contribution in [0.4, 0.5) is 0 Å². The van der Waals surface area contributed by atoms with Gasteiger partial charge in [-0.15, -0.1) is 0 Å². The molecule has 218 valence electrons. The number of halogens is 2. The van der Waals surface area contributed by atoms with E-state index in [0.717, 1.165) is 31.6 Å². The second kappa shape index (κ2) is 14.2. The molecule has 0 aliphatic carbocycles. The van der Waals surface area contributed by atoms with Gasteiger partial charge in [0.2, 0.25) is 0 Å². The zero-order valence-electron chi connectivity index (χ0n) is 24.6. The molecular weight excluding hydrogens is 652 g/mol. The predicted molar refractivity (Wildman–Crippen MR) is 169 cm³/mol. The van der Waals surface area contributed by atoms with E-state index in [0.29, 0.717) is 5.69 Å². The van der Waals surface area contributed by atoms with Crippen LogP contribution in [0.3, 0.4) is 0 Å². The van der Waals surface area contributed by atoms with E-state index < -0.39 is 0 Å². The van der Waals surface area contributed by atoms with Crippen LogP contribution in [0.1, 0.15) is 38.2 Å². The van der Waals surface area contributed by atoms with Gasteiger partial charge >= 0.3 is 0 Å². The van der Waals surface area contributed by atoms with Crippen molar-refractivity contribution in [2.75, 3.05) is 28.2 Å². The van der Waals surface area contributed by atoms with Crippen LogP contribution >= 0.6 is 31.9 Å². The lowest BCUT2D eigenvalue weighted by Crippen LogP contribution is -2.46. The summed E-state index contributed by atoms with van der Waals surface area (Å²) in [4.78, 5) is 31.8. The van der Waals surface area contributed by atoms with E-state index in [9.17, 15) is 4.79 Å². The molecular formula is C29H36Br2N8O2. The number of carbonyl (C=O) groups excluding carboxylic acids is 1. The summed E-state index contributed by atoms with van der Waals surface area (Å²) < 4.78 is 11.5. The van der Waals surface area contributed by atoms with Gasteiger partial charge in [0.25, 0.3) is 0 Å². The molecule has 0 saturated carbocycles. The number of carbonyl (C=O) groups is 1. The summed E-state index contributed by atoms with van der Waals surface area (Å²) in [6.07, 6.45) is 10.5. The third-order valence-electron chi connectivity index (χ3n) is 5.49. The molecule has 41 heavy (non-hydrogen) atoms. The highest BCUT2D eigenvalue weighted by Gasteiger charge is 2.21. The highest BCUT2D eigenvalue weighted by Crippen LogP contribution is 2.20. The number of ether oxygens (including phenoxy) is 1. The van der Waals surface area contributed by atoms with E-state index in [1.54, 1.807) is 16.8 Å². The molecule has 0 bridgehead atoms. The Hall–Kier alpha value is -3.03. The van der Waals surface area contributed by atoms with Crippen molar-refractivity contribution >= 4 is 48.9 Å². The number of ketones is 1. The van der Waals surface area contributed by atoms with Crippen LogP contribution in [0.2, 0.25) is 0 Å². The summed E-state index contributed by atoms with van der Waals surface area (Å²) in [7, 11) is 8.04. The molecule has 0 unspecified atom stereocenters. The topological polar surface area (TPSA) is 93.2 Å². The third-order valence-corrected chi connectivity index (χ3v) is 6.42. The molecule has 0 spiro atoms. The zero-order chi connectivity index (χ0) is 30.3. The summed E-state index contributed by atoms with van der Waals surface area (Å²) in [6.45, 7) is 7.72. The molecule has 5 aromatic heterocycles. The van der Waals surface area contributed by atoms with Crippen LogP contribution in [-0.4, -0.2) is 84.5 Å². The highest BCUT2D eigenvalue weighted by atomic mass is 79.9. The first kappa shape index (κ1) is 32.5. The minimum Gasteiger partial charge on any atom is -0.344 e. The fourth-order valence-corrected chi connectivity index (χ4v) is 4.46. The Bertz CT molecular complexity index is 1570. The van der Waals surface area contributed by atoms with E-state index in [2.05, 4.69) is 72.6 Å². The number of imidazole rings is 2. The van der Waals surface area contributed by atoms with Crippen molar-refractivity contribution in [1.82, 2.24) is 38.5 Å². The minimum atomic E-state index is -0.0980. The second-order valence-corrected chi connectivity index (χ2v) is 12.4. The van der Waals surface area contributed by atoms with Gasteiger partial charge in [0, 0.05) is 34.5 Å². The predicted octanol–water partition coefficient (Wildman–Crippen LogP) is 6.06. The van der Waals surface area contributed by atoms with Gasteiger partial charge in [-0.05, 0) is 111 Å². The molecule has 0 aliphatic rings. The Labute approximate surface area is 257 Å². The van der Waals surface area contributed by atoms with Gasteiger partial charge in [0.15, 0.2) is 12.1 Å². The molecule has 0 N–H and O–H groups in total. The number of fused-ring (bicyclic) bond motifs is 2. The molecule has 0 aliphatic heterocycles. The number of Topliss-reactive ketones (excluding diaryl/α,β-unsaturated/α-hetero) is 1. The van der Waals surface area contributed by atoms with Gasteiger partial charge in [-0.1, -0.05) is 0 Å². The van der Waals surface area contributed by atoms with Crippen LogP contribution in [0.5, 0.6) is 0 Å². The average molecular weight is 688 g/mol. The molecule has 12 heteroatoms. The third kappa shape index (κ3) is 9.23. The van der Waals surface area contributed by atoms with Crippen LogP contribution < -0.4 is 0 Å². The number of hydrogen-bond acceptors (Lipinski definition) is 8. The van der Waals surface area contributed by atoms with Gasteiger partial charge in [0.05, 0.1) is 29.4 Å². The molecule has 0 aromatic carbocycles. The molecule has 0 fully saturated rings. The molecule has 0 atom stereocenters. The number of pyridine rings is 2. The molecule has 5 heterocycles. The van der Waals surface area contributed by atoms with Gasteiger partial charge in [0.1, 0.15) is 23.3 Å². The van der Waals surface area contributed by atoms with Crippen LogP contribution in [0, 0.1) is 0 Å².